The molecule has 1 aliphatic rings. The molecule has 0 saturated heterocycles. The lowest BCUT2D eigenvalue weighted by Crippen LogP contribution is -2.01. The molecule has 11 heavy (non-hydrogen) atoms. The molecule has 0 amide bonds. The Balaban J connectivity index is 3.10. The highest BCUT2D eigenvalue weighted by molar-refractivity contribution is 5.57. The summed E-state index contributed by atoms with van der Waals surface area (Å²) in [6, 6.07) is 0. The Morgan fingerprint density at radius 2 is 2.18 bits per heavy atom. The zero-order chi connectivity index (χ0) is 8.43. The van der Waals surface area contributed by atoms with Crippen LogP contribution in [0.5, 0.6) is 0 Å². The van der Waals surface area contributed by atoms with Crippen molar-refractivity contribution in [2.24, 2.45) is 0 Å². The van der Waals surface area contributed by atoms with Gasteiger partial charge in [-0.05, 0) is 13.8 Å². The molecule has 1 rings (SSSR count). The fraction of sp³-hybridized carbons (Fsp3) is 0.250. The first kappa shape index (κ1) is 7.63. The molecule has 3 nitrogen and oxygen atoms in total. The summed E-state index contributed by atoms with van der Waals surface area (Å²) in [5.41, 5.74) is 0.643. The topological polar surface area (TPSA) is 46.5 Å². The largest absolute Gasteiger partial charge is 0.507 e. The standard InChI is InChI=1S/C8H8O3/c1-5-6(2)11-7(4-9)3-8(5)10/h3,10H,1-2H3. The van der Waals surface area contributed by atoms with Crippen molar-refractivity contribution in [3.8, 4) is 0 Å². The number of aliphatic hydroxyl groups is 1. The normalized spacial score (nSPS) is 17.3. The minimum absolute atomic E-state index is 0.0191. The number of hydrogen-bond donors (Lipinski definition) is 1. The fourth-order valence-electron chi connectivity index (χ4n) is 0.734. The van der Waals surface area contributed by atoms with Crippen molar-refractivity contribution >= 4 is 5.94 Å². The molecule has 0 atom stereocenters. The molecule has 1 N–H and O–H groups in total. The summed E-state index contributed by atoms with van der Waals surface area (Å²) in [6.45, 7) is 3.39. The minimum Gasteiger partial charge on any atom is -0.507 e. The molecular formula is C8H8O3. The summed E-state index contributed by atoms with van der Waals surface area (Å²) in [4.78, 5) is 10.1. The number of aliphatic hydroxyl groups excluding tert-OH is 1. The zero-order valence-corrected chi connectivity index (χ0v) is 6.34. The van der Waals surface area contributed by atoms with Crippen molar-refractivity contribution < 1.29 is 14.6 Å². The molecule has 0 radical (unpaired) electrons. The lowest BCUT2D eigenvalue weighted by atomic mass is 10.2. The van der Waals surface area contributed by atoms with Gasteiger partial charge in [-0.15, -0.1) is 0 Å². The molecular weight excluding hydrogens is 144 g/mol. The fourth-order valence-corrected chi connectivity index (χ4v) is 0.734. The van der Waals surface area contributed by atoms with E-state index >= 15 is 0 Å². The van der Waals surface area contributed by atoms with Crippen molar-refractivity contribution in [1.82, 2.24) is 0 Å². The zero-order valence-electron chi connectivity index (χ0n) is 6.34. The first-order valence-electron chi connectivity index (χ1n) is 3.16. The maximum atomic E-state index is 10.1. The lowest BCUT2D eigenvalue weighted by Gasteiger charge is -2.13. The first-order chi connectivity index (χ1) is 5.15. The Kier molecular flexibility index (Phi) is 1.83. The third-order valence-corrected chi connectivity index (χ3v) is 1.54. The van der Waals surface area contributed by atoms with Crippen LogP contribution < -0.4 is 0 Å². The van der Waals surface area contributed by atoms with E-state index in [2.05, 4.69) is 0 Å². The number of allylic oxidation sites excluding steroid dienone is 3. The van der Waals surface area contributed by atoms with Crippen LogP contribution in [-0.4, -0.2) is 11.0 Å². The summed E-state index contributed by atoms with van der Waals surface area (Å²) in [5.74, 6) is 2.17. The number of carbonyl (C=O) groups excluding carboxylic acids is 1. The van der Waals surface area contributed by atoms with E-state index in [1.807, 2.05) is 0 Å². The van der Waals surface area contributed by atoms with Gasteiger partial charge in [0.15, 0.2) is 5.94 Å². The smallest absolute Gasteiger partial charge is 0.213 e. The predicted molar refractivity (Wildman–Crippen MR) is 39.4 cm³/mol. The van der Waals surface area contributed by atoms with Gasteiger partial charge >= 0.3 is 0 Å². The average molecular weight is 152 g/mol. The van der Waals surface area contributed by atoms with Crippen LogP contribution in [0.25, 0.3) is 0 Å². The molecule has 0 aromatic rings. The van der Waals surface area contributed by atoms with E-state index in [0.29, 0.717) is 11.3 Å². The lowest BCUT2D eigenvalue weighted by molar-refractivity contribution is 0.296. The number of hydrogen-bond acceptors (Lipinski definition) is 3. The van der Waals surface area contributed by atoms with Crippen LogP contribution in [0.3, 0.4) is 0 Å². The molecule has 0 aliphatic carbocycles. The summed E-state index contributed by atoms with van der Waals surface area (Å²) < 4.78 is 4.95. The molecule has 0 spiro atoms. The van der Waals surface area contributed by atoms with Crippen molar-refractivity contribution in [2.45, 2.75) is 13.8 Å². The second-order valence-corrected chi connectivity index (χ2v) is 2.28. The second kappa shape index (κ2) is 2.64. The molecule has 3 heteroatoms. The van der Waals surface area contributed by atoms with E-state index in [4.69, 9.17) is 4.74 Å². The van der Waals surface area contributed by atoms with Crippen LogP contribution in [0.4, 0.5) is 0 Å². The molecule has 0 unspecified atom stereocenters. The van der Waals surface area contributed by atoms with Gasteiger partial charge in [-0.3, -0.25) is 0 Å². The molecule has 1 aliphatic heterocycles. The van der Waals surface area contributed by atoms with E-state index in [-0.39, 0.29) is 11.5 Å². The van der Waals surface area contributed by atoms with Gasteiger partial charge in [-0.1, -0.05) is 0 Å². The quantitative estimate of drug-likeness (QED) is 0.534. The van der Waals surface area contributed by atoms with Crippen molar-refractivity contribution in [1.29, 1.82) is 0 Å². The molecule has 58 valence electrons. The van der Waals surface area contributed by atoms with Crippen LogP contribution in [0.15, 0.2) is 28.9 Å². The Hall–Kier alpha value is -1.47. The summed E-state index contributed by atoms with van der Waals surface area (Å²) >= 11 is 0. The van der Waals surface area contributed by atoms with Crippen molar-refractivity contribution in [2.75, 3.05) is 0 Å². The van der Waals surface area contributed by atoms with Gasteiger partial charge in [0.05, 0.1) is 0 Å². The third-order valence-electron chi connectivity index (χ3n) is 1.54. The second-order valence-electron chi connectivity index (χ2n) is 2.28. The molecule has 0 aromatic carbocycles. The van der Waals surface area contributed by atoms with E-state index in [1.165, 1.54) is 6.08 Å². The highest BCUT2D eigenvalue weighted by atomic mass is 16.5. The van der Waals surface area contributed by atoms with Crippen molar-refractivity contribution in [3.63, 3.8) is 0 Å². The van der Waals surface area contributed by atoms with E-state index in [0.717, 1.165) is 0 Å². The average Bonchev–Trinajstić information content (AvgIpc) is 1.99. The summed E-state index contributed by atoms with van der Waals surface area (Å²) in [5, 5.41) is 9.17. The Morgan fingerprint density at radius 3 is 2.64 bits per heavy atom. The van der Waals surface area contributed by atoms with E-state index in [9.17, 15) is 9.90 Å². The van der Waals surface area contributed by atoms with Crippen LogP contribution in [-0.2, 0) is 9.53 Å². The van der Waals surface area contributed by atoms with Gasteiger partial charge in [0.1, 0.15) is 11.5 Å². The monoisotopic (exact) mass is 152 g/mol. The van der Waals surface area contributed by atoms with Gasteiger partial charge < -0.3 is 9.84 Å². The van der Waals surface area contributed by atoms with E-state index in [1.54, 1.807) is 19.8 Å². The molecule has 0 saturated carbocycles. The molecule has 0 aromatic heterocycles. The van der Waals surface area contributed by atoms with Crippen LogP contribution in [0, 0.1) is 0 Å². The highest BCUT2D eigenvalue weighted by Crippen LogP contribution is 2.21. The highest BCUT2D eigenvalue weighted by Gasteiger charge is 2.12. The summed E-state index contributed by atoms with van der Waals surface area (Å²) in [7, 11) is 0. The minimum atomic E-state index is 0.0191. The van der Waals surface area contributed by atoms with Gasteiger partial charge in [0.25, 0.3) is 0 Å². The maximum Gasteiger partial charge on any atom is 0.213 e. The van der Waals surface area contributed by atoms with Crippen LogP contribution >= 0.6 is 0 Å². The predicted octanol–water partition coefficient (Wildman–Crippen LogP) is 1.47. The molecule has 0 fully saturated rings. The van der Waals surface area contributed by atoms with Gasteiger partial charge in [0, 0.05) is 11.6 Å². The molecule has 1 heterocycles. The van der Waals surface area contributed by atoms with Crippen LogP contribution in [0.2, 0.25) is 0 Å². The van der Waals surface area contributed by atoms with E-state index < -0.39 is 0 Å². The molecule has 0 bridgehead atoms. The first-order valence-corrected chi connectivity index (χ1v) is 3.16. The van der Waals surface area contributed by atoms with Gasteiger partial charge in [0.2, 0.25) is 5.76 Å². The Bertz CT molecular complexity index is 290. The SMILES string of the molecule is CC1=C(C)C(O)=CC(=C=O)O1. The maximum absolute atomic E-state index is 10.1. The Morgan fingerprint density at radius 1 is 1.55 bits per heavy atom. The summed E-state index contributed by atoms with van der Waals surface area (Å²) in [6.07, 6.45) is 1.25. The number of rotatable bonds is 0. The van der Waals surface area contributed by atoms with Gasteiger partial charge in [-0.2, -0.15) is 0 Å². The third kappa shape index (κ3) is 1.33. The number of ether oxygens (including phenoxy) is 1. The van der Waals surface area contributed by atoms with Crippen LogP contribution in [0.1, 0.15) is 13.8 Å². The van der Waals surface area contributed by atoms with Crippen molar-refractivity contribution in [3.05, 3.63) is 28.9 Å². The Labute approximate surface area is 64.3 Å². The van der Waals surface area contributed by atoms with Gasteiger partial charge in [-0.25, -0.2) is 4.79 Å².